The van der Waals surface area contributed by atoms with E-state index >= 15 is 0 Å². The van der Waals surface area contributed by atoms with E-state index in [0.29, 0.717) is 22.5 Å². The van der Waals surface area contributed by atoms with Gasteiger partial charge in [-0.3, -0.25) is 4.72 Å². The Balaban J connectivity index is 2.22. The lowest BCUT2D eigenvalue weighted by Gasteiger charge is -2.10. The molecular formula is C14H14BrNO3S. The average Bonchev–Trinajstić information content (AvgIpc) is 2.41. The summed E-state index contributed by atoms with van der Waals surface area (Å²) < 4.78 is 32.9. The maximum absolute atomic E-state index is 12.3. The molecule has 0 heterocycles. The quantitative estimate of drug-likeness (QED) is 0.890. The van der Waals surface area contributed by atoms with Gasteiger partial charge in [0.1, 0.15) is 10.6 Å². The third kappa shape index (κ3) is 3.52. The van der Waals surface area contributed by atoms with Crippen molar-refractivity contribution in [3.05, 3.63) is 53.0 Å². The summed E-state index contributed by atoms with van der Waals surface area (Å²) in [7, 11) is -3.61. The zero-order chi connectivity index (χ0) is 14.6. The number of ether oxygens (including phenoxy) is 1. The molecule has 0 spiro atoms. The Bertz CT molecular complexity index is 684. The Hall–Kier alpha value is -1.53. The Labute approximate surface area is 127 Å². The van der Waals surface area contributed by atoms with Crippen LogP contribution < -0.4 is 9.46 Å². The molecule has 0 fully saturated rings. The van der Waals surface area contributed by atoms with Gasteiger partial charge in [0.15, 0.2) is 0 Å². The summed E-state index contributed by atoms with van der Waals surface area (Å²) in [6.45, 7) is 2.46. The Kier molecular flexibility index (Phi) is 4.67. The number of rotatable bonds is 5. The van der Waals surface area contributed by atoms with E-state index in [4.69, 9.17) is 4.74 Å². The van der Waals surface area contributed by atoms with Gasteiger partial charge in [-0.1, -0.05) is 12.1 Å². The minimum atomic E-state index is -3.61. The maximum Gasteiger partial charge on any atom is 0.263 e. The van der Waals surface area contributed by atoms with E-state index in [1.54, 1.807) is 48.5 Å². The van der Waals surface area contributed by atoms with Crippen molar-refractivity contribution >= 4 is 31.6 Å². The molecule has 0 aromatic heterocycles. The molecule has 0 atom stereocenters. The lowest BCUT2D eigenvalue weighted by atomic mass is 10.3. The van der Waals surface area contributed by atoms with E-state index < -0.39 is 10.0 Å². The summed E-state index contributed by atoms with van der Waals surface area (Å²) in [6, 6.07) is 13.5. The van der Waals surface area contributed by atoms with E-state index in [9.17, 15) is 8.42 Å². The van der Waals surface area contributed by atoms with Crippen LogP contribution in [0.3, 0.4) is 0 Å². The molecule has 0 aliphatic carbocycles. The monoisotopic (exact) mass is 355 g/mol. The van der Waals surface area contributed by atoms with Crippen molar-refractivity contribution in [1.82, 2.24) is 0 Å². The van der Waals surface area contributed by atoms with Crippen LogP contribution in [0.15, 0.2) is 57.9 Å². The van der Waals surface area contributed by atoms with Crippen molar-refractivity contribution in [1.29, 1.82) is 0 Å². The maximum atomic E-state index is 12.3. The van der Waals surface area contributed by atoms with Crippen LogP contribution in [0.25, 0.3) is 0 Å². The van der Waals surface area contributed by atoms with Crippen LogP contribution in [-0.4, -0.2) is 15.0 Å². The number of halogens is 1. The van der Waals surface area contributed by atoms with Gasteiger partial charge in [-0.05, 0) is 59.3 Å². The highest BCUT2D eigenvalue weighted by molar-refractivity contribution is 9.10. The molecule has 0 saturated carbocycles. The summed E-state index contributed by atoms with van der Waals surface area (Å²) >= 11 is 3.24. The molecule has 4 nitrogen and oxygen atoms in total. The standard InChI is InChI=1S/C14H14BrNO3S/c1-2-19-12-9-7-11(8-10-12)16-20(17,18)14-6-4-3-5-13(14)15/h3-10,16H,2H2,1H3. The number of anilines is 1. The van der Waals surface area contributed by atoms with Gasteiger partial charge in [0, 0.05) is 10.2 Å². The van der Waals surface area contributed by atoms with E-state index in [1.807, 2.05) is 6.92 Å². The zero-order valence-electron chi connectivity index (χ0n) is 10.8. The van der Waals surface area contributed by atoms with Crippen LogP contribution in [-0.2, 0) is 10.0 Å². The second-order valence-corrected chi connectivity index (χ2v) is 6.50. The highest BCUT2D eigenvalue weighted by Gasteiger charge is 2.16. The molecule has 2 aromatic carbocycles. The third-order valence-corrected chi connectivity index (χ3v) is 4.94. The fourth-order valence-corrected chi connectivity index (χ4v) is 3.72. The lowest BCUT2D eigenvalue weighted by Crippen LogP contribution is -2.13. The highest BCUT2D eigenvalue weighted by atomic mass is 79.9. The van der Waals surface area contributed by atoms with Gasteiger partial charge in [-0.15, -0.1) is 0 Å². The minimum Gasteiger partial charge on any atom is -0.494 e. The number of nitrogens with one attached hydrogen (secondary N) is 1. The summed E-state index contributed by atoms with van der Waals surface area (Å²) in [5.41, 5.74) is 0.490. The first kappa shape index (κ1) is 14.9. The normalized spacial score (nSPS) is 11.1. The fourth-order valence-electron chi connectivity index (χ4n) is 1.66. The van der Waals surface area contributed by atoms with Crippen LogP contribution in [0.2, 0.25) is 0 Å². The van der Waals surface area contributed by atoms with Crippen molar-refractivity contribution < 1.29 is 13.2 Å². The van der Waals surface area contributed by atoms with Crippen molar-refractivity contribution in [3.63, 3.8) is 0 Å². The van der Waals surface area contributed by atoms with Crippen molar-refractivity contribution in [2.75, 3.05) is 11.3 Å². The second-order valence-electron chi connectivity index (χ2n) is 3.99. The Morgan fingerprint density at radius 1 is 1.10 bits per heavy atom. The molecule has 106 valence electrons. The molecule has 0 unspecified atom stereocenters. The molecule has 1 N–H and O–H groups in total. The molecule has 20 heavy (non-hydrogen) atoms. The Morgan fingerprint density at radius 3 is 2.35 bits per heavy atom. The molecule has 0 amide bonds. The molecule has 0 aliphatic heterocycles. The molecule has 6 heteroatoms. The average molecular weight is 356 g/mol. The summed E-state index contributed by atoms with van der Waals surface area (Å²) in [6.07, 6.45) is 0. The number of hydrogen-bond donors (Lipinski definition) is 1. The van der Waals surface area contributed by atoms with Crippen molar-refractivity contribution in [2.45, 2.75) is 11.8 Å². The van der Waals surface area contributed by atoms with Gasteiger partial charge < -0.3 is 4.74 Å². The van der Waals surface area contributed by atoms with Crippen LogP contribution in [0.5, 0.6) is 5.75 Å². The fraction of sp³-hybridized carbons (Fsp3) is 0.143. The molecule has 0 radical (unpaired) electrons. The summed E-state index contributed by atoms with van der Waals surface area (Å²) in [5, 5.41) is 0. The number of benzene rings is 2. The van der Waals surface area contributed by atoms with Crippen LogP contribution >= 0.6 is 15.9 Å². The van der Waals surface area contributed by atoms with Gasteiger partial charge >= 0.3 is 0 Å². The minimum absolute atomic E-state index is 0.203. The van der Waals surface area contributed by atoms with Crippen LogP contribution in [0.4, 0.5) is 5.69 Å². The van der Waals surface area contributed by atoms with E-state index in [0.717, 1.165) is 0 Å². The SMILES string of the molecule is CCOc1ccc(NS(=O)(=O)c2ccccc2Br)cc1. The van der Waals surface area contributed by atoms with Gasteiger partial charge in [0.2, 0.25) is 0 Å². The van der Waals surface area contributed by atoms with Gasteiger partial charge in [-0.25, -0.2) is 8.42 Å². The van der Waals surface area contributed by atoms with E-state index in [2.05, 4.69) is 20.7 Å². The van der Waals surface area contributed by atoms with Gasteiger partial charge in [0.25, 0.3) is 10.0 Å². The lowest BCUT2D eigenvalue weighted by molar-refractivity contribution is 0.340. The molecule has 2 aromatic rings. The topological polar surface area (TPSA) is 55.4 Å². The summed E-state index contributed by atoms with van der Waals surface area (Å²) in [5.74, 6) is 0.705. The molecule has 2 rings (SSSR count). The van der Waals surface area contributed by atoms with Crippen LogP contribution in [0.1, 0.15) is 6.92 Å². The number of sulfonamides is 1. The third-order valence-electron chi connectivity index (χ3n) is 2.54. The van der Waals surface area contributed by atoms with E-state index in [1.165, 1.54) is 0 Å². The number of hydrogen-bond acceptors (Lipinski definition) is 3. The van der Waals surface area contributed by atoms with Crippen LogP contribution in [0, 0.1) is 0 Å². The molecule has 0 bridgehead atoms. The Morgan fingerprint density at radius 2 is 1.75 bits per heavy atom. The predicted octanol–water partition coefficient (Wildman–Crippen LogP) is 3.65. The first-order valence-electron chi connectivity index (χ1n) is 6.03. The van der Waals surface area contributed by atoms with Gasteiger partial charge in [-0.2, -0.15) is 0 Å². The predicted molar refractivity (Wildman–Crippen MR) is 82.6 cm³/mol. The summed E-state index contributed by atoms with van der Waals surface area (Å²) in [4.78, 5) is 0.203. The molecular weight excluding hydrogens is 342 g/mol. The van der Waals surface area contributed by atoms with Crippen molar-refractivity contribution in [2.24, 2.45) is 0 Å². The second kappa shape index (κ2) is 6.28. The smallest absolute Gasteiger partial charge is 0.263 e. The largest absolute Gasteiger partial charge is 0.494 e. The first-order valence-corrected chi connectivity index (χ1v) is 8.31. The highest BCUT2D eigenvalue weighted by Crippen LogP contribution is 2.24. The molecule has 0 saturated heterocycles. The van der Waals surface area contributed by atoms with E-state index in [-0.39, 0.29) is 4.90 Å². The molecule has 0 aliphatic rings. The van der Waals surface area contributed by atoms with Gasteiger partial charge in [0.05, 0.1) is 6.61 Å². The zero-order valence-corrected chi connectivity index (χ0v) is 13.2. The first-order chi connectivity index (χ1) is 9.53. The van der Waals surface area contributed by atoms with Crippen molar-refractivity contribution in [3.8, 4) is 5.75 Å².